The number of carbonyl (C=O) groups is 1. The Hall–Kier alpha value is -4.19. The van der Waals surface area contributed by atoms with Crippen molar-refractivity contribution >= 4 is 27.3 Å². The van der Waals surface area contributed by atoms with Crippen molar-refractivity contribution in [3.8, 4) is 28.0 Å². The van der Waals surface area contributed by atoms with Crippen molar-refractivity contribution in [3.63, 3.8) is 0 Å². The van der Waals surface area contributed by atoms with E-state index in [2.05, 4.69) is 60.0 Å². The van der Waals surface area contributed by atoms with Gasteiger partial charge in [0.2, 0.25) is 10.0 Å². The second kappa shape index (κ2) is 12.8. The number of hydrogen-bond donors (Lipinski definition) is 2. The van der Waals surface area contributed by atoms with Crippen LogP contribution in [0.15, 0.2) is 67.0 Å². The van der Waals surface area contributed by atoms with Crippen molar-refractivity contribution < 1.29 is 27.4 Å². The number of H-pyrrole nitrogens is 1. The van der Waals surface area contributed by atoms with Gasteiger partial charge in [-0.25, -0.2) is 8.42 Å². The van der Waals surface area contributed by atoms with E-state index in [9.17, 15) is 13.2 Å². The number of methoxy groups -OCH3 is 1. The number of hydrogen-bond acceptors (Lipinski definition) is 7. The van der Waals surface area contributed by atoms with E-state index in [1.165, 1.54) is 5.56 Å². The van der Waals surface area contributed by atoms with Crippen LogP contribution in [0.25, 0.3) is 22.3 Å². The van der Waals surface area contributed by atoms with Gasteiger partial charge in [0, 0.05) is 36.7 Å². The zero-order valence-corrected chi connectivity index (χ0v) is 26.5. The molecule has 0 bridgehead atoms. The summed E-state index contributed by atoms with van der Waals surface area (Å²) in [6, 6.07) is 17.4. The molecule has 0 radical (unpaired) electrons. The van der Waals surface area contributed by atoms with Crippen LogP contribution in [0.2, 0.25) is 0 Å². The predicted molar refractivity (Wildman–Crippen MR) is 172 cm³/mol. The molecule has 232 valence electrons. The topological polar surface area (TPSA) is 123 Å². The van der Waals surface area contributed by atoms with Gasteiger partial charge < -0.3 is 19.1 Å². The number of rotatable bonds is 11. The van der Waals surface area contributed by atoms with Gasteiger partial charge in [-0.15, -0.1) is 0 Å². The summed E-state index contributed by atoms with van der Waals surface area (Å²) in [7, 11) is -2.04. The molecule has 2 N–H and O–H groups in total. The van der Waals surface area contributed by atoms with E-state index in [1.54, 1.807) is 30.2 Å². The Morgan fingerprint density at radius 3 is 2.48 bits per heavy atom. The maximum atomic E-state index is 13.7. The molecular formula is C33H38N4O6S. The summed E-state index contributed by atoms with van der Waals surface area (Å²) in [6.45, 7) is 7.67. The molecule has 4 aromatic rings. The third-order valence-electron chi connectivity index (χ3n) is 7.49. The van der Waals surface area contributed by atoms with Crippen molar-refractivity contribution in [1.29, 1.82) is 0 Å². The Balaban J connectivity index is 1.43. The Morgan fingerprint density at radius 1 is 0.977 bits per heavy atom. The molecule has 0 unspecified atom stereocenters. The minimum absolute atomic E-state index is 0.0123. The van der Waals surface area contributed by atoms with Gasteiger partial charge in [0.15, 0.2) is 6.79 Å². The molecule has 5 rings (SSSR count). The zero-order chi connectivity index (χ0) is 31.5. The lowest BCUT2D eigenvalue weighted by Gasteiger charge is -2.30. The molecule has 1 aliphatic rings. The summed E-state index contributed by atoms with van der Waals surface area (Å²) in [5, 5.41) is 7.09. The van der Waals surface area contributed by atoms with Gasteiger partial charge >= 0.3 is 0 Å². The van der Waals surface area contributed by atoms with Gasteiger partial charge in [-0.05, 0) is 70.0 Å². The highest BCUT2D eigenvalue weighted by molar-refractivity contribution is 7.92. The number of benzene rings is 3. The summed E-state index contributed by atoms with van der Waals surface area (Å²) in [5.74, 6) is 0.134. The first kappa shape index (κ1) is 31.2. The molecule has 0 fully saturated rings. The largest absolute Gasteiger partial charge is 0.465 e. The first-order chi connectivity index (χ1) is 20.9. The van der Waals surface area contributed by atoms with Crippen LogP contribution in [0.5, 0.6) is 5.75 Å². The van der Waals surface area contributed by atoms with Crippen LogP contribution in [0.3, 0.4) is 0 Å². The molecule has 44 heavy (non-hydrogen) atoms. The fraction of sp³-hybridized carbons (Fsp3) is 0.333. The van der Waals surface area contributed by atoms with Crippen molar-refractivity contribution in [1.82, 2.24) is 10.2 Å². The fourth-order valence-corrected chi connectivity index (χ4v) is 5.76. The number of ether oxygens (including phenoxy) is 3. The SMILES string of the molecule is COCCOCOc1ccc(N2CCc3cc(-c4ccc(C(C)(C)C)cc4-c4cn[nH]c4)ccc3C2=O)cc1NS(C)(=O)=O. The minimum atomic E-state index is -3.61. The second-order valence-corrected chi connectivity index (χ2v) is 13.5. The lowest BCUT2D eigenvalue weighted by molar-refractivity contribution is -0.00814. The van der Waals surface area contributed by atoms with Crippen LogP contribution in [-0.2, 0) is 31.3 Å². The van der Waals surface area contributed by atoms with Crippen LogP contribution in [0.4, 0.5) is 11.4 Å². The van der Waals surface area contributed by atoms with E-state index in [0.717, 1.165) is 34.1 Å². The Bertz CT molecular complexity index is 1750. The first-order valence-corrected chi connectivity index (χ1v) is 16.2. The van der Waals surface area contributed by atoms with Crippen LogP contribution in [-0.4, -0.2) is 64.4 Å². The van der Waals surface area contributed by atoms with Gasteiger partial charge in [0.25, 0.3) is 5.91 Å². The number of aromatic amines is 1. The van der Waals surface area contributed by atoms with Gasteiger partial charge in [0.05, 0.1) is 31.4 Å². The molecule has 0 spiro atoms. The number of carbonyl (C=O) groups excluding carboxylic acids is 1. The third-order valence-corrected chi connectivity index (χ3v) is 8.08. The van der Waals surface area contributed by atoms with Crippen molar-refractivity contribution in [3.05, 3.63) is 83.7 Å². The molecular weight excluding hydrogens is 580 g/mol. The Labute approximate surface area is 258 Å². The number of nitrogens with one attached hydrogen (secondary N) is 2. The van der Waals surface area contributed by atoms with E-state index >= 15 is 0 Å². The average Bonchev–Trinajstić information content (AvgIpc) is 3.51. The van der Waals surface area contributed by atoms with Gasteiger partial charge in [0.1, 0.15) is 5.75 Å². The van der Waals surface area contributed by atoms with E-state index in [0.29, 0.717) is 37.4 Å². The third kappa shape index (κ3) is 7.12. The molecule has 0 saturated carbocycles. The molecule has 0 saturated heterocycles. The fourth-order valence-electron chi connectivity index (χ4n) is 5.20. The Morgan fingerprint density at radius 2 is 1.77 bits per heavy atom. The summed E-state index contributed by atoms with van der Waals surface area (Å²) >= 11 is 0. The van der Waals surface area contributed by atoms with Crippen molar-refractivity contribution in [2.45, 2.75) is 32.6 Å². The summed E-state index contributed by atoms with van der Waals surface area (Å²) in [4.78, 5) is 15.4. The number of aromatic nitrogens is 2. The second-order valence-electron chi connectivity index (χ2n) is 11.8. The van der Waals surface area contributed by atoms with E-state index in [-0.39, 0.29) is 29.6 Å². The molecule has 0 aliphatic carbocycles. The smallest absolute Gasteiger partial charge is 0.258 e. The van der Waals surface area contributed by atoms with E-state index in [1.807, 2.05) is 24.5 Å². The zero-order valence-electron chi connectivity index (χ0n) is 25.6. The van der Waals surface area contributed by atoms with Crippen LogP contribution >= 0.6 is 0 Å². The van der Waals surface area contributed by atoms with Crippen molar-refractivity contribution in [2.24, 2.45) is 0 Å². The molecule has 2 heterocycles. The molecule has 1 aliphatic heterocycles. The molecule has 10 nitrogen and oxygen atoms in total. The summed E-state index contributed by atoms with van der Waals surface area (Å²) < 4.78 is 42.7. The molecule has 1 aromatic heterocycles. The monoisotopic (exact) mass is 618 g/mol. The number of nitrogens with zero attached hydrogens (tertiary/aromatic N) is 2. The summed E-state index contributed by atoms with van der Waals surface area (Å²) in [6.07, 6.45) is 5.41. The number of anilines is 2. The molecule has 1 amide bonds. The van der Waals surface area contributed by atoms with Crippen LogP contribution in [0.1, 0.15) is 42.3 Å². The Kier molecular flexibility index (Phi) is 9.10. The summed E-state index contributed by atoms with van der Waals surface area (Å²) in [5.41, 5.74) is 7.73. The highest BCUT2D eigenvalue weighted by atomic mass is 32.2. The number of sulfonamides is 1. The minimum Gasteiger partial charge on any atom is -0.465 e. The predicted octanol–water partition coefficient (Wildman–Crippen LogP) is 5.61. The van der Waals surface area contributed by atoms with Crippen LogP contribution in [0, 0.1) is 0 Å². The van der Waals surface area contributed by atoms with Gasteiger partial charge in [-0.2, -0.15) is 5.10 Å². The quantitative estimate of drug-likeness (QED) is 0.165. The van der Waals surface area contributed by atoms with E-state index in [4.69, 9.17) is 14.2 Å². The molecule has 0 atom stereocenters. The van der Waals surface area contributed by atoms with E-state index < -0.39 is 10.0 Å². The standard InChI is InChI=1S/C33H38N4O6S/c1-33(2,3)25-7-10-27(29(17-25)24-19-34-35-20-24)22-6-9-28-23(16-22)12-13-37(32(28)38)26-8-11-31(43-21-42-15-14-41-4)30(18-26)36-44(5,39)40/h6-11,16-20,36H,12-15,21H2,1-5H3,(H,34,35). The van der Waals surface area contributed by atoms with Gasteiger partial charge in [-0.3, -0.25) is 14.6 Å². The maximum absolute atomic E-state index is 13.7. The van der Waals surface area contributed by atoms with Crippen LogP contribution < -0.4 is 14.4 Å². The number of fused-ring (bicyclic) bond motifs is 1. The lowest BCUT2D eigenvalue weighted by atomic mass is 9.83. The average molecular weight is 619 g/mol. The molecule has 11 heteroatoms. The normalized spacial score (nSPS) is 13.6. The van der Waals surface area contributed by atoms with Gasteiger partial charge in [-0.1, -0.05) is 45.0 Å². The highest BCUT2D eigenvalue weighted by Gasteiger charge is 2.27. The number of amides is 1. The first-order valence-electron chi connectivity index (χ1n) is 14.3. The highest BCUT2D eigenvalue weighted by Crippen LogP contribution is 2.38. The van der Waals surface area contributed by atoms with Crippen molar-refractivity contribution in [2.75, 3.05) is 49.5 Å². The lowest BCUT2D eigenvalue weighted by Crippen LogP contribution is -2.37. The molecule has 3 aromatic carbocycles. The maximum Gasteiger partial charge on any atom is 0.258 e.